The van der Waals surface area contributed by atoms with Crippen LogP contribution in [0.2, 0.25) is 0 Å². The van der Waals surface area contributed by atoms with Crippen LogP contribution in [0.5, 0.6) is 0 Å². The molecule has 3 aromatic rings. The second-order valence-corrected chi connectivity index (χ2v) is 7.12. The lowest BCUT2D eigenvalue weighted by molar-refractivity contribution is -0.126. The molecule has 0 aliphatic carbocycles. The maximum Gasteiger partial charge on any atom is 0.233 e. The van der Waals surface area contributed by atoms with Crippen molar-refractivity contribution in [3.05, 3.63) is 78.1 Å². The molecule has 2 aromatic carbocycles. The number of amidine groups is 1. The molecule has 1 aromatic heterocycles. The number of nitrogens with zero attached hydrogens (tertiary/aromatic N) is 3. The van der Waals surface area contributed by atoms with Crippen molar-refractivity contribution >= 4 is 33.6 Å². The number of pyridine rings is 1. The van der Waals surface area contributed by atoms with Crippen molar-refractivity contribution in [2.45, 2.75) is 12.2 Å². The van der Waals surface area contributed by atoms with Crippen molar-refractivity contribution in [1.29, 1.82) is 0 Å². The van der Waals surface area contributed by atoms with Gasteiger partial charge >= 0.3 is 0 Å². The molecule has 0 fully saturated rings. The fraction of sp³-hybridized carbons (Fsp3) is 0.190. The van der Waals surface area contributed by atoms with E-state index in [1.54, 1.807) is 18.0 Å². The largest absolute Gasteiger partial charge is 0.289 e. The van der Waals surface area contributed by atoms with Gasteiger partial charge in [0, 0.05) is 24.7 Å². The van der Waals surface area contributed by atoms with Gasteiger partial charge in [0.25, 0.3) is 0 Å². The summed E-state index contributed by atoms with van der Waals surface area (Å²) < 4.78 is 0. The van der Waals surface area contributed by atoms with Gasteiger partial charge in [-0.2, -0.15) is 0 Å². The first kappa shape index (κ1) is 16.8. The quantitative estimate of drug-likeness (QED) is 0.708. The van der Waals surface area contributed by atoms with Crippen molar-refractivity contribution < 1.29 is 4.79 Å². The molecular weight excluding hydrogens is 342 g/mol. The summed E-state index contributed by atoms with van der Waals surface area (Å²) in [6.07, 6.45) is 4.01. The van der Waals surface area contributed by atoms with Crippen LogP contribution in [-0.2, 0) is 17.0 Å². The summed E-state index contributed by atoms with van der Waals surface area (Å²) in [7, 11) is 0. The third kappa shape index (κ3) is 3.63. The zero-order valence-corrected chi connectivity index (χ0v) is 15.2. The van der Waals surface area contributed by atoms with Gasteiger partial charge in [-0.15, -0.1) is 0 Å². The first-order chi connectivity index (χ1) is 12.8. The molecule has 0 unspecified atom stereocenters. The Morgan fingerprint density at radius 1 is 1.08 bits per heavy atom. The van der Waals surface area contributed by atoms with E-state index in [4.69, 9.17) is 0 Å². The van der Waals surface area contributed by atoms with E-state index >= 15 is 0 Å². The third-order valence-corrected chi connectivity index (χ3v) is 5.50. The molecule has 26 heavy (non-hydrogen) atoms. The highest BCUT2D eigenvalue weighted by atomic mass is 32.2. The Morgan fingerprint density at radius 2 is 1.96 bits per heavy atom. The molecule has 0 saturated heterocycles. The van der Waals surface area contributed by atoms with Crippen LogP contribution >= 0.6 is 11.8 Å². The van der Waals surface area contributed by atoms with Gasteiger partial charge in [-0.25, -0.2) is 0 Å². The number of benzene rings is 2. The minimum atomic E-state index is 0.108. The summed E-state index contributed by atoms with van der Waals surface area (Å²) in [5, 5.41) is 3.13. The van der Waals surface area contributed by atoms with Gasteiger partial charge in [-0.1, -0.05) is 60.3 Å². The standard InChI is InChI=1S/C21H19N3OS/c25-20(13-18-8-3-7-17-6-1-2-9-19(17)18)24-12-11-23-21(24)26-15-16-5-4-10-22-14-16/h1-10,14H,11-13,15H2. The maximum atomic E-state index is 12.9. The van der Waals surface area contributed by atoms with E-state index in [9.17, 15) is 4.79 Å². The fourth-order valence-corrected chi connectivity index (χ4v) is 4.12. The number of amides is 1. The monoisotopic (exact) mass is 361 g/mol. The number of carbonyl (C=O) groups is 1. The van der Waals surface area contributed by atoms with Crippen LogP contribution in [0.25, 0.3) is 10.8 Å². The lowest BCUT2D eigenvalue weighted by atomic mass is 10.0. The van der Waals surface area contributed by atoms with Gasteiger partial charge in [0.2, 0.25) is 5.91 Å². The molecule has 0 radical (unpaired) electrons. The second kappa shape index (κ2) is 7.70. The van der Waals surface area contributed by atoms with E-state index in [0.29, 0.717) is 19.5 Å². The predicted molar refractivity (Wildman–Crippen MR) is 107 cm³/mol. The van der Waals surface area contributed by atoms with Crippen molar-refractivity contribution in [1.82, 2.24) is 9.88 Å². The smallest absolute Gasteiger partial charge is 0.233 e. The van der Waals surface area contributed by atoms with Crippen molar-refractivity contribution in [2.24, 2.45) is 4.99 Å². The first-order valence-corrected chi connectivity index (χ1v) is 9.63. The fourth-order valence-electron chi connectivity index (χ4n) is 3.12. The van der Waals surface area contributed by atoms with Crippen molar-refractivity contribution in [2.75, 3.05) is 13.1 Å². The number of fused-ring (bicyclic) bond motifs is 1. The zero-order chi connectivity index (χ0) is 17.8. The van der Waals surface area contributed by atoms with Crippen LogP contribution in [0.4, 0.5) is 0 Å². The summed E-state index contributed by atoms with van der Waals surface area (Å²) in [5.74, 6) is 0.876. The Bertz CT molecular complexity index is 950. The molecule has 1 amide bonds. The molecular formula is C21H19N3OS. The van der Waals surface area contributed by atoms with Crippen LogP contribution < -0.4 is 0 Å². The number of aliphatic imine (C=N–C) groups is 1. The van der Waals surface area contributed by atoms with E-state index < -0.39 is 0 Å². The Balaban J connectivity index is 1.46. The van der Waals surface area contributed by atoms with Crippen LogP contribution in [0.15, 0.2) is 72.0 Å². The van der Waals surface area contributed by atoms with Gasteiger partial charge in [0.15, 0.2) is 5.17 Å². The lowest BCUT2D eigenvalue weighted by Gasteiger charge is -2.18. The Morgan fingerprint density at radius 3 is 2.85 bits per heavy atom. The van der Waals surface area contributed by atoms with Crippen molar-refractivity contribution in [3.63, 3.8) is 0 Å². The van der Waals surface area contributed by atoms with Crippen LogP contribution in [-0.4, -0.2) is 34.0 Å². The Labute approximate surface area is 157 Å². The van der Waals surface area contributed by atoms with E-state index in [-0.39, 0.29) is 5.91 Å². The molecule has 5 heteroatoms. The van der Waals surface area contributed by atoms with E-state index in [1.165, 1.54) is 5.39 Å². The average Bonchev–Trinajstić information content (AvgIpc) is 3.16. The summed E-state index contributed by atoms with van der Waals surface area (Å²) in [6, 6.07) is 18.3. The number of hydrogen-bond acceptors (Lipinski definition) is 4. The summed E-state index contributed by atoms with van der Waals surface area (Å²) in [5.41, 5.74) is 2.20. The molecule has 1 aliphatic rings. The van der Waals surface area contributed by atoms with Gasteiger partial charge < -0.3 is 0 Å². The van der Waals surface area contributed by atoms with Gasteiger partial charge in [0.05, 0.1) is 13.0 Å². The third-order valence-electron chi connectivity index (χ3n) is 4.41. The molecule has 0 saturated carbocycles. The maximum absolute atomic E-state index is 12.9. The highest BCUT2D eigenvalue weighted by Gasteiger charge is 2.24. The number of carbonyl (C=O) groups excluding carboxylic acids is 1. The number of rotatable bonds is 4. The van der Waals surface area contributed by atoms with Crippen LogP contribution in [0, 0.1) is 0 Å². The van der Waals surface area contributed by atoms with Crippen molar-refractivity contribution in [3.8, 4) is 0 Å². The molecule has 0 atom stereocenters. The molecule has 0 spiro atoms. The Kier molecular flexibility index (Phi) is 4.97. The number of hydrogen-bond donors (Lipinski definition) is 0. The normalized spacial score (nSPS) is 13.8. The van der Waals surface area contributed by atoms with Crippen LogP contribution in [0.3, 0.4) is 0 Å². The highest BCUT2D eigenvalue weighted by molar-refractivity contribution is 8.13. The van der Waals surface area contributed by atoms with E-state index in [2.05, 4.69) is 28.2 Å². The molecule has 1 aliphatic heterocycles. The second-order valence-electron chi connectivity index (χ2n) is 6.17. The van der Waals surface area contributed by atoms with E-state index in [0.717, 1.165) is 27.4 Å². The van der Waals surface area contributed by atoms with Gasteiger partial charge in [-0.3, -0.25) is 19.7 Å². The molecule has 130 valence electrons. The zero-order valence-electron chi connectivity index (χ0n) is 14.3. The molecule has 0 N–H and O–H groups in total. The minimum absolute atomic E-state index is 0.108. The summed E-state index contributed by atoms with van der Waals surface area (Å²) >= 11 is 1.60. The Hall–Kier alpha value is -2.66. The SMILES string of the molecule is O=C(Cc1cccc2ccccc12)N1CCN=C1SCc1cccnc1. The van der Waals surface area contributed by atoms with Gasteiger partial charge in [0.1, 0.15) is 0 Å². The van der Waals surface area contributed by atoms with Crippen LogP contribution in [0.1, 0.15) is 11.1 Å². The van der Waals surface area contributed by atoms with Gasteiger partial charge in [-0.05, 0) is 28.0 Å². The average molecular weight is 361 g/mol. The molecule has 0 bridgehead atoms. The topological polar surface area (TPSA) is 45.6 Å². The molecule has 2 heterocycles. The molecule has 4 nitrogen and oxygen atoms in total. The molecule has 4 rings (SSSR count). The number of thioether (sulfide) groups is 1. The summed E-state index contributed by atoms with van der Waals surface area (Å²) in [4.78, 5) is 23.4. The summed E-state index contributed by atoms with van der Waals surface area (Å²) in [6.45, 7) is 1.34. The predicted octanol–water partition coefficient (Wildman–Crippen LogP) is 3.91. The number of aromatic nitrogens is 1. The minimum Gasteiger partial charge on any atom is -0.289 e. The lowest BCUT2D eigenvalue weighted by Crippen LogP contribution is -2.34. The highest BCUT2D eigenvalue weighted by Crippen LogP contribution is 2.23. The first-order valence-electron chi connectivity index (χ1n) is 8.64. The van der Waals surface area contributed by atoms with E-state index in [1.807, 2.05) is 47.5 Å².